The Morgan fingerprint density at radius 3 is 2.11 bits per heavy atom. The molecule has 2 unspecified atom stereocenters. The predicted molar refractivity (Wildman–Crippen MR) is 75.5 cm³/mol. The number of para-hydroxylation sites is 1. The van der Waals surface area contributed by atoms with E-state index >= 15 is 0 Å². The van der Waals surface area contributed by atoms with Crippen LogP contribution in [0.15, 0.2) is 60.7 Å². The lowest BCUT2D eigenvalue weighted by Crippen LogP contribution is -2.18. The van der Waals surface area contributed by atoms with Crippen LogP contribution in [-0.2, 0) is 0 Å². The zero-order valence-corrected chi connectivity index (χ0v) is 10.6. The minimum atomic E-state index is -0.419. The Labute approximate surface area is 108 Å². The maximum atomic E-state index is 10.1. The Morgan fingerprint density at radius 2 is 1.50 bits per heavy atom. The highest BCUT2D eigenvalue weighted by Gasteiger charge is 2.11. The predicted octanol–water partition coefficient (Wildman–Crippen LogP) is 3.61. The van der Waals surface area contributed by atoms with E-state index in [2.05, 4.69) is 12.2 Å². The number of aliphatic hydroxyl groups excluding tert-OH is 1. The van der Waals surface area contributed by atoms with E-state index in [9.17, 15) is 5.11 Å². The number of benzene rings is 2. The average Bonchev–Trinajstić information content (AvgIpc) is 2.40. The van der Waals surface area contributed by atoms with Crippen molar-refractivity contribution in [3.8, 4) is 0 Å². The van der Waals surface area contributed by atoms with Gasteiger partial charge in [0, 0.05) is 11.7 Å². The fraction of sp³-hybridized carbons (Fsp3) is 0.250. The van der Waals surface area contributed by atoms with Gasteiger partial charge >= 0.3 is 0 Å². The molecule has 0 spiro atoms. The molecule has 2 rings (SSSR count). The van der Waals surface area contributed by atoms with Gasteiger partial charge in [0.05, 0.1) is 6.10 Å². The molecule has 0 amide bonds. The van der Waals surface area contributed by atoms with Crippen molar-refractivity contribution in [2.45, 2.75) is 25.5 Å². The van der Waals surface area contributed by atoms with Crippen molar-refractivity contribution in [3.63, 3.8) is 0 Å². The first-order valence-electron chi connectivity index (χ1n) is 6.30. The summed E-state index contributed by atoms with van der Waals surface area (Å²) in [6, 6.07) is 20.1. The number of aliphatic hydroxyl groups is 1. The number of hydrogen-bond acceptors (Lipinski definition) is 2. The number of nitrogens with one attached hydrogen (secondary N) is 1. The highest BCUT2D eigenvalue weighted by atomic mass is 16.3. The summed E-state index contributed by atoms with van der Waals surface area (Å²) in [5.41, 5.74) is 2.06. The number of anilines is 1. The molecule has 0 aliphatic carbocycles. The second-order valence-electron chi connectivity index (χ2n) is 4.57. The van der Waals surface area contributed by atoms with Gasteiger partial charge in [-0.15, -0.1) is 0 Å². The molecular formula is C16H19NO. The first-order chi connectivity index (χ1) is 8.75. The van der Waals surface area contributed by atoms with Crippen molar-refractivity contribution in [2.24, 2.45) is 0 Å². The highest BCUT2D eigenvalue weighted by molar-refractivity contribution is 5.43. The summed E-state index contributed by atoms with van der Waals surface area (Å²) in [5.74, 6) is 0. The zero-order valence-electron chi connectivity index (χ0n) is 10.6. The third-order valence-electron chi connectivity index (χ3n) is 2.95. The SMILES string of the molecule is CC(CC(O)c1ccccc1)Nc1ccccc1. The highest BCUT2D eigenvalue weighted by Crippen LogP contribution is 2.19. The maximum Gasteiger partial charge on any atom is 0.0809 e. The normalized spacial score (nSPS) is 13.9. The lowest BCUT2D eigenvalue weighted by molar-refractivity contribution is 0.162. The van der Waals surface area contributed by atoms with Gasteiger partial charge in [0.2, 0.25) is 0 Å². The molecule has 2 heteroatoms. The Bertz CT molecular complexity index is 455. The molecule has 0 radical (unpaired) electrons. The van der Waals surface area contributed by atoms with Crippen molar-refractivity contribution in [1.82, 2.24) is 0 Å². The van der Waals surface area contributed by atoms with Crippen LogP contribution >= 0.6 is 0 Å². The summed E-state index contributed by atoms with van der Waals surface area (Å²) in [5, 5.41) is 13.5. The molecule has 2 aromatic carbocycles. The molecular weight excluding hydrogens is 222 g/mol. The van der Waals surface area contributed by atoms with Crippen LogP contribution in [-0.4, -0.2) is 11.1 Å². The van der Waals surface area contributed by atoms with Crippen LogP contribution in [0, 0.1) is 0 Å². The third-order valence-corrected chi connectivity index (χ3v) is 2.95. The van der Waals surface area contributed by atoms with Gasteiger partial charge in [0.25, 0.3) is 0 Å². The fourth-order valence-corrected chi connectivity index (χ4v) is 2.02. The smallest absolute Gasteiger partial charge is 0.0809 e. The molecule has 2 atom stereocenters. The van der Waals surface area contributed by atoms with Crippen molar-refractivity contribution in [1.29, 1.82) is 0 Å². The quantitative estimate of drug-likeness (QED) is 0.838. The van der Waals surface area contributed by atoms with E-state index in [1.807, 2.05) is 60.7 Å². The average molecular weight is 241 g/mol. The molecule has 94 valence electrons. The van der Waals surface area contributed by atoms with E-state index in [4.69, 9.17) is 0 Å². The van der Waals surface area contributed by atoms with Gasteiger partial charge in [-0.3, -0.25) is 0 Å². The molecule has 0 aliphatic rings. The number of hydrogen-bond donors (Lipinski definition) is 2. The summed E-state index contributed by atoms with van der Waals surface area (Å²) in [6.45, 7) is 2.08. The van der Waals surface area contributed by atoms with Crippen LogP contribution in [0.3, 0.4) is 0 Å². The Kier molecular flexibility index (Phi) is 4.37. The molecule has 0 saturated carbocycles. The lowest BCUT2D eigenvalue weighted by atomic mass is 10.0. The van der Waals surface area contributed by atoms with Crippen molar-refractivity contribution in [3.05, 3.63) is 66.2 Å². The van der Waals surface area contributed by atoms with E-state index in [1.165, 1.54) is 0 Å². The molecule has 2 N–H and O–H groups in total. The largest absolute Gasteiger partial charge is 0.388 e. The molecule has 0 heterocycles. The van der Waals surface area contributed by atoms with E-state index in [-0.39, 0.29) is 6.04 Å². The fourth-order valence-electron chi connectivity index (χ4n) is 2.02. The van der Waals surface area contributed by atoms with Crippen LogP contribution in [0.1, 0.15) is 25.0 Å². The van der Waals surface area contributed by atoms with Crippen LogP contribution in [0.2, 0.25) is 0 Å². The van der Waals surface area contributed by atoms with E-state index in [0.29, 0.717) is 6.42 Å². The van der Waals surface area contributed by atoms with Crippen LogP contribution < -0.4 is 5.32 Å². The molecule has 2 nitrogen and oxygen atoms in total. The number of rotatable bonds is 5. The minimum Gasteiger partial charge on any atom is -0.388 e. The molecule has 0 aromatic heterocycles. The topological polar surface area (TPSA) is 32.3 Å². The van der Waals surface area contributed by atoms with E-state index in [0.717, 1.165) is 11.3 Å². The summed E-state index contributed by atoms with van der Waals surface area (Å²) < 4.78 is 0. The molecule has 2 aromatic rings. The molecule has 0 aliphatic heterocycles. The van der Waals surface area contributed by atoms with Gasteiger partial charge in [0.1, 0.15) is 0 Å². The van der Waals surface area contributed by atoms with Gasteiger partial charge in [-0.25, -0.2) is 0 Å². The van der Waals surface area contributed by atoms with Gasteiger partial charge in [-0.05, 0) is 31.0 Å². The molecule has 0 bridgehead atoms. The van der Waals surface area contributed by atoms with Crippen molar-refractivity contribution in [2.75, 3.05) is 5.32 Å². The van der Waals surface area contributed by atoms with Crippen molar-refractivity contribution < 1.29 is 5.11 Å². The monoisotopic (exact) mass is 241 g/mol. The minimum absolute atomic E-state index is 0.225. The summed E-state index contributed by atoms with van der Waals surface area (Å²) in [6.07, 6.45) is 0.274. The van der Waals surface area contributed by atoms with Gasteiger partial charge in [-0.2, -0.15) is 0 Å². The Hall–Kier alpha value is -1.80. The van der Waals surface area contributed by atoms with Crippen LogP contribution in [0.25, 0.3) is 0 Å². The van der Waals surface area contributed by atoms with Crippen LogP contribution in [0.5, 0.6) is 0 Å². The first kappa shape index (κ1) is 12.7. The van der Waals surface area contributed by atoms with Crippen molar-refractivity contribution >= 4 is 5.69 Å². The Morgan fingerprint density at radius 1 is 0.944 bits per heavy atom. The third kappa shape index (κ3) is 3.60. The maximum absolute atomic E-state index is 10.1. The second-order valence-corrected chi connectivity index (χ2v) is 4.57. The standard InChI is InChI=1S/C16H19NO/c1-13(17-15-10-6-3-7-11-15)12-16(18)14-8-4-2-5-9-14/h2-11,13,16-18H,12H2,1H3. The molecule has 0 fully saturated rings. The van der Waals surface area contributed by atoms with Gasteiger partial charge < -0.3 is 10.4 Å². The first-order valence-corrected chi connectivity index (χ1v) is 6.30. The van der Waals surface area contributed by atoms with E-state index in [1.54, 1.807) is 0 Å². The van der Waals surface area contributed by atoms with Gasteiger partial charge in [0.15, 0.2) is 0 Å². The molecule has 18 heavy (non-hydrogen) atoms. The van der Waals surface area contributed by atoms with Gasteiger partial charge in [-0.1, -0.05) is 48.5 Å². The molecule has 0 saturated heterocycles. The summed E-state index contributed by atoms with van der Waals surface area (Å²) >= 11 is 0. The summed E-state index contributed by atoms with van der Waals surface area (Å²) in [7, 11) is 0. The lowest BCUT2D eigenvalue weighted by Gasteiger charge is -2.19. The Balaban J connectivity index is 1.90. The van der Waals surface area contributed by atoms with E-state index < -0.39 is 6.10 Å². The second kappa shape index (κ2) is 6.22. The summed E-state index contributed by atoms with van der Waals surface area (Å²) in [4.78, 5) is 0. The zero-order chi connectivity index (χ0) is 12.8. The van der Waals surface area contributed by atoms with Crippen LogP contribution in [0.4, 0.5) is 5.69 Å².